The van der Waals surface area contributed by atoms with Crippen molar-refractivity contribution in [2.45, 2.75) is 13.8 Å². The van der Waals surface area contributed by atoms with Crippen LogP contribution in [0.4, 0.5) is 16.2 Å². The normalized spacial score (nSPS) is 10.1. The summed E-state index contributed by atoms with van der Waals surface area (Å²) in [5.41, 5.74) is 2.53. The van der Waals surface area contributed by atoms with Gasteiger partial charge in [0.05, 0.1) is 19.9 Å². The zero-order valence-corrected chi connectivity index (χ0v) is 13.9. The van der Waals surface area contributed by atoms with E-state index in [0.29, 0.717) is 23.7 Å². The van der Waals surface area contributed by atoms with Crippen molar-refractivity contribution in [3.05, 3.63) is 48.0 Å². The minimum Gasteiger partial charge on any atom is -0.497 e. The van der Waals surface area contributed by atoms with Gasteiger partial charge < -0.3 is 14.8 Å². The number of hydrogen-bond acceptors (Lipinski definition) is 3. The van der Waals surface area contributed by atoms with Gasteiger partial charge in [-0.25, -0.2) is 4.79 Å². The summed E-state index contributed by atoms with van der Waals surface area (Å²) in [6.45, 7) is 4.49. The fourth-order valence-corrected chi connectivity index (χ4v) is 2.33. The molecule has 0 atom stereocenters. The van der Waals surface area contributed by atoms with Crippen molar-refractivity contribution in [2.24, 2.45) is 0 Å². The van der Waals surface area contributed by atoms with Gasteiger partial charge in [0, 0.05) is 18.3 Å². The van der Waals surface area contributed by atoms with Crippen LogP contribution in [0.2, 0.25) is 0 Å². The summed E-state index contributed by atoms with van der Waals surface area (Å²) in [6.07, 6.45) is 0. The average Bonchev–Trinajstić information content (AvgIpc) is 2.55. The van der Waals surface area contributed by atoms with Crippen LogP contribution in [-0.2, 0) is 0 Å². The summed E-state index contributed by atoms with van der Waals surface area (Å²) in [4.78, 5) is 14.3. The Labute approximate surface area is 136 Å². The number of urea groups is 1. The molecule has 0 aromatic heterocycles. The summed E-state index contributed by atoms with van der Waals surface area (Å²) in [5, 5.41) is 2.89. The molecule has 2 amide bonds. The Balaban J connectivity index is 2.26. The molecule has 0 aliphatic heterocycles. The molecule has 1 N–H and O–H groups in total. The zero-order valence-electron chi connectivity index (χ0n) is 13.9. The molecular weight excluding hydrogens is 292 g/mol. The molecule has 0 unspecified atom stereocenters. The Kier molecular flexibility index (Phi) is 5.46. The van der Waals surface area contributed by atoms with Gasteiger partial charge in [-0.15, -0.1) is 0 Å². The third-order valence-corrected chi connectivity index (χ3v) is 3.52. The predicted octanol–water partition coefficient (Wildman–Crippen LogP) is 4.07. The van der Waals surface area contributed by atoms with E-state index in [2.05, 4.69) is 5.32 Å². The summed E-state index contributed by atoms with van der Waals surface area (Å²) in [5.74, 6) is 1.24. The number of carbonyl (C=O) groups excluding carboxylic acids is 1. The SMILES string of the molecule is CCN(C(=O)Nc1cc(OC)ccc1OC)c1cccc(C)c1. The van der Waals surface area contributed by atoms with E-state index in [1.54, 1.807) is 37.3 Å². The minimum absolute atomic E-state index is 0.218. The van der Waals surface area contributed by atoms with Crippen molar-refractivity contribution < 1.29 is 14.3 Å². The number of methoxy groups -OCH3 is 2. The molecule has 0 aliphatic rings. The number of nitrogens with zero attached hydrogens (tertiary/aromatic N) is 1. The highest BCUT2D eigenvalue weighted by molar-refractivity contribution is 6.02. The predicted molar refractivity (Wildman–Crippen MR) is 92.8 cm³/mol. The maximum absolute atomic E-state index is 12.6. The second kappa shape index (κ2) is 7.54. The highest BCUT2D eigenvalue weighted by Crippen LogP contribution is 2.29. The fraction of sp³-hybridized carbons (Fsp3) is 0.278. The Morgan fingerprint density at radius 1 is 1.13 bits per heavy atom. The lowest BCUT2D eigenvalue weighted by molar-refractivity contribution is 0.257. The first-order valence-electron chi connectivity index (χ1n) is 7.46. The number of carbonyl (C=O) groups is 1. The molecule has 23 heavy (non-hydrogen) atoms. The molecule has 0 saturated heterocycles. The zero-order chi connectivity index (χ0) is 16.8. The van der Waals surface area contributed by atoms with Crippen LogP contribution in [0, 0.1) is 6.92 Å². The molecule has 0 bridgehead atoms. The highest BCUT2D eigenvalue weighted by atomic mass is 16.5. The van der Waals surface area contributed by atoms with Crippen LogP contribution in [0.3, 0.4) is 0 Å². The lowest BCUT2D eigenvalue weighted by Gasteiger charge is -2.22. The lowest BCUT2D eigenvalue weighted by Crippen LogP contribution is -2.34. The number of rotatable bonds is 5. The van der Waals surface area contributed by atoms with E-state index in [9.17, 15) is 4.79 Å². The minimum atomic E-state index is -0.218. The molecule has 5 heteroatoms. The quantitative estimate of drug-likeness (QED) is 0.905. The third kappa shape index (κ3) is 3.94. The first-order chi connectivity index (χ1) is 11.1. The van der Waals surface area contributed by atoms with Crippen molar-refractivity contribution in [1.82, 2.24) is 0 Å². The fourth-order valence-electron chi connectivity index (χ4n) is 2.33. The van der Waals surface area contributed by atoms with Gasteiger partial charge >= 0.3 is 6.03 Å². The van der Waals surface area contributed by atoms with Crippen LogP contribution in [0.15, 0.2) is 42.5 Å². The van der Waals surface area contributed by atoms with E-state index < -0.39 is 0 Å². The standard InChI is InChI=1S/C18H22N2O3/c1-5-20(14-8-6-7-13(2)11-14)18(21)19-16-12-15(22-3)9-10-17(16)23-4/h6-12H,5H2,1-4H3,(H,19,21). The number of anilines is 2. The first-order valence-corrected chi connectivity index (χ1v) is 7.46. The molecule has 2 aromatic rings. The highest BCUT2D eigenvalue weighted by Gasteiger charge is 2.16. The number of aryl methyl sites for hydroxylation is 1. The van der Waals surface area contributed by atoms with Crippen LogP contribution in [0.1, 0.15) is 12.5 Å². The summed E-state index contributed by atoms with van der Waals surface area (Å²) in [7, 11) is 3.15. The van der Waals surface area contributed by atoms with Gasteiger partial charge in [-0.3, -0.25) is 4.90 Å². The molecule has 0 heterocycles. The van der Waals surface area contributed by atoms with Gasteiger partial charge in [0.15, 0.2) is 0 Å². The second-order valence-electron chi connectivity index (χ2n) is 5.08. The van der Waals surface area contributed by atoms with Crippen molar-refractivity contribution in [3.8, 4) is 11.5 Å². The maximum Gasteiger partial charge on any atom is 0.326 e. The molecule has 5 nitrogen and oxygen atoms in total. The Morgan fingerprint density at radius 2 is 1.91 bits per heavy atom. The lowest BCUT2D eigenvalue weighted by atomic mass is 10.2. The Bertz CT molecular complexity index is 686. The van der Waals surface area contributed by atoms with E-state index in [0.717, 1.165) is 11.3 Å². The van der Waals surface area contributed by atoms with Gasteiger partial charge in [0.25, 0.3) is 0 Å². The van der Waals surface area contributed by atoms with E-state index in [1.807, 2.05) is 38.1 Å². The van der Waals surface area contributed by atoms with Gasteiger partial charge in [-0.1, -0.05) is 12.1 Å². The van der Waals surface area contributed by atoms with E-state index in [4.69, 9.17) is 9.47 Å². The Hall–Kier alpha value is -2.69. The van der Waals surface area contributed by atoms with E-state index in [-0.39, 0.29) is 6.03 Å². The molecular formula is C18H22N2O3. The van der Waals surface area contributed by atoms with Crippen LogP contribution in [0.25, 0.3) is 0 Å². The second-order valence-corrected chi connectivity index (χ2v) is 5.08. The van der Waals surface area contributed by atoms with Crippen molar-refractivity contribution in [2.75, 3.05) is 31.0 Å². The van der Waals surface area contributed by atoms with E-state index in [1.165, 1.54) is 0 Å². The van der Waals surface area contributed by atoms with E-state index >= 15 is 0 Å². The number of ether oxygens (including phenoxy) is 2. The third-order valence-electron chi connectivity index (χ3n) is 3.52. The van der Waals surface area contributed by atoms with Crippen molar-refractivity contribution >= 4 is 17.4 Å². The topological polar surface area (TPSA) is 50.8 Å². The van der Waals surface area contributed by atoms with Gasteiger partial charge in [0.2, 0.25) is 0 Å². The van der Waals surface area contributed by atoms with Gasteiger partial charge in [-0.2, -0.15) is 0 Å². The molecule has 0 spiro atoms. The molecule has 0 aliphatic carbocycles. The molecule has 2 aromatic carbocycles. The van der Waals surface area contributed by atoms with Crippen molar-refractivity contribution in [3.63, 3.8) is 0 Å². The molecule has 122 valence electrons. The van der Waals surface area contributed by atoms with Crippen LogP contribution >= 0.6 is 0 Å². The summed E-state index contributed by atoms with van der Waals surface area (Å²) >= 11 is 0. The van der Waals surface area contributed by atoms with Gasteiger partial charge in [-0.05, 0) is 43.7 Å². The largest absolute Gasteiger partial charge is 0.497 e. The van der Waals surface area contributed by atoms with Crippen LogP contribution in [-0.4, -0.2) is 26.8 Å². The number of benzene rings is 2. The summed E-state index contributed by atoms with van der Waals surface area (Å²) in [6, 6.07) is 12.9. The van der Waals surface area contributed by atoms with Gasteiger partial charge in [0.1, 0.15) is 11.5 Å². The van der Waals surface area contributed by atoms with Crippen LogP contribution in [0.5, 0.6) is 11.5 Å². The maximum atomic E-state index is 12.6. The first kappa shape index (κ1) is 16.7. The average molecular weight is 314 g/mol. The molecule has 2 rings (SSSR count). The Morgan fingerprint density at radius 3 is 2.52 bits per heavy atom. The molecule has 0 radical (unpaired) electrons. The van der Waals surface area contributed by atoms with Crippen LogP contribution < -0.4 is 19.7 Å². The monoisotopic (exact) mass is 314 g/mol. The smallest absolute Gasteiger partial charge is 0.326 e. The molecule has 0 fully saturated rings. The number of amides is 2. The van der Waals surface area contributed by atoms with Crippen molar-refractivity contribution in [1.29, 1.82) is 0 Å². The number of nitrogens with one attached hydrogen (secondary N) is 1. The summed E-state index contributed by atoms with van der Waals surface area (Å²) < 4.78 is 10.5. The molecule has 0 saturated carbocycles. The number of hydrogen-bond donors (Lipinski definition) is 1.